The number of carbonyl (C=O) groups excluding carboxylic acids is 1. The van der Waals surface area contributed by atoms with Gasteiger partial charge in [-0.05, 0) is 42.2 Å². The summed E-state index contributed by atoms with van der Waals surface area (Å²) >= 11 is 0. The van der Waals surface area contributed by atoms with Crippen molar-refractivity contribution in [2.24, 2.45) is 11.8 Å². The van der Waals surface area contributed by atoms with Gasteiger partial charge in [-0.2, -0.15) is 0 Å². The van der Waals surface area contributed by atoms with Crippen LogP contribution in [0.25, 0.3) is 0 Å². The Hall–Kier alpha value is -1.40. The minimum absolute atomic E-state index is 0.0298. The van der Waals surface area contributed by atoms with Crippen molar-refractivity contribution in [1.29, 1.82) is 0 Å². The fraction of sp³-hybridized carbons (Fsp3) is 0.632. The number of hydrogen-bond donors (Lipinski definition) is 1. The summed E-state index contributed by atoms with van der Waals surface area (Å²) in [6.07, 6.45) is 4.30. The maximum Gasteiger partial charge on any atom is 0.224 e. The van der Waals surface area contributed by atoms with Gasteiger partial charge < -0.3 is 5.32 Å². The first-order valence-electron chi connectivity index (χ1n) is 9.03. The van der Waals surface area contributed by atoms with Crippen LogP contribution in [0.1, 0.15) is 37.8 Å². The minimum atomic E-state index is -3.09. The number of carbonyl (C=O) groups is 1. The second-order valence-electron chi connectivity index (χ2n) is 7.50. The maximum atomic E-state index is 12.1. The fourth-order valence-corrected chi connectivity index (χ4v) is 4.09. The Bertz CT molecular complexity index is 660. The van der Waals surface area contributed by atoms with Crippen molar-refractivity contribution >= 4 is 15.9 Å². The normalized spacial score (nSPS) is 17.0. The van der Waals surface area contributed by atoms with Gasteiger partial charge in [0.25, 0.3) is 0 Å². The van der Waals surface area contributed by atoms with Crippen molar-refractivity contribution in [3.05, 3.63) is 35.4 Å². The molecule has 0 bridgehead atoms. The number of amides is 1. The Labute approximate surface area is 151 Å². The molecule has 2 rings (SSSR count). The molecular formula is C19H30N2O3S. The van der Waals surface area contributed by atoms with E-state index >= 15 is 0 Å². The van der Waals surface area contributed by atoms with Crippen molar-refractivity contribution in [3.63, 3.8) is 0 Å². The van der Waals surface area contributed by atoms with E-state index < -0.39 is 10.0 Å². The predicted molar refractivity (Wildman–Crippen MR) is 101 cm³/mol. The highest BCUT2D eigenvalue weighted by Gasteiger charge is 2.24. The Kier molecular flexibility index (Phi) is 7.02. The lowest BCUT2D eigenvalue weighted by Gasteiger charge is -2.30. The second-order valence-corrected chi connectivity index (χ2v) is 9.48. The van der Waals surface area contributed by atoms with Gasteiger partial charge in [-0.15, -0.1) is 0 Å². The lowest BCUT2D eigenvalue weighted by atomic mass is 9.98. The van der Waals surface area contributed by atoms with Crippen LogP contribution in [0.5, 0.6) is 0 Å². The van der Waals surface area contributed by atoms with E-state index in [1.165, 1.54) is 16.1 Å². The molecule has 0 spiro atoms. The van der Waals surface area contributed by atoms with E-state index in [0.717, 1.165) is 24.8 Å². The van der Waals surface area contributed by atoms with Gasteiger partial charge in [0, 0.05) is 19.6 Å². The molecule has 1 aliphatic heterocycles. The molecule has 1 heterocycles. The Morgan fingerprint density at radius 2 is 1.72 bits per heavy atom. The Morgan fingerprint density at radius 1 is 1.16 bits per heavy atom. The molecule has 1 saturated heterocycles. The largest absolute Gasteiger partial charge is 0.356 e. The quantitative estimate of drug-likeness (QED) is 0.805. The van der Waals surface area contributed by atoms with Gasteiger partial charge in [0.2, 0.25) is 15.9 Å². The average Bonchev–Trinajstić information content (AvgIpc) is 2.54. The van der Waals surface area contributed by atoms with Gasteiger partial charge in [-0.1, -0.05) is 38.1 Å². The van der Waals surface area contributed by atoms with Gasteiger partial charge in [-0.25, -0.2) is 12.7 Å². The lowest BCUT2D eigenvalue weighted by molar-refractivity contribution is -0.120. The number of nitrogens with one attached hydrogen (secondary N) is 1. The van der Waals surface area contributed by atoms with E-state index in [0.29, 0.717) is 37.9 Å². The van der Waals surface area contributed by atoms with Crippen molar-refractivity contribution in [3.8, 4) is 0 Å². The topological polar surface area (TPSA) is 66.5 Å². The van der Waals surface area contributed by atoms with Crippen LogP contribution in [-0.4, -0.2) is 44.5 Å². The number of piperidine rings is 1. The molecule has 6 heteroatoms. The summed E-state index contributed by atoms with van der Waals surface area (Å²) in [6, 6.07) is 8.26. The monoisotopic (exact) mass is 366 g/mol. The number of benzene rings is 1. The van der Waals surface area contributed by atoms with Crippen LogP contribution in [-0.2, 0) is 27.7 Å². The molecule has 0 aromatic heterocycles. The van der Waals surface area contributed by atoms with Crippen LogP contribution < -0.4 is 5.32 Å². The van der Waals surface area contributed by atoms with E-state index in [1.54, 1.807) is 0 Å². The van der Waals surface area contributed by atoms with Crippen molar-refractivity contribution in [1.82, 2.24) is 9.62 Å². The summed E-state index contributed by atoms with van der Waals surface area (Å²) in [6.45, 7) is 6.12. The minimum Gasteiger partial charge on any atom is -0.356 e. The molecule has 0 unspecified atom stereocenters. The van der Waals surface area contributed by atoms with Crippen LogP contribution in [0, 0.1) is 11.8 Å². The molecule has 1 aliphatic rings. The average molecular weight is 367 g/mol. The highest BCUT2D eigenvalue weighted by Crippen LogP contribution is 2.18. The molecule has 25 heavy (non-hydrogen) atoms. The Morgan fingerprint density at radius 3 is 2.24 bits per heavy atom. The van der Waals surface area contributed by atoms with Crippen LogP contribution in [0.2, 0.25) is 0 Å². The summed E-state index contributed by atoms with van der Waals surface area (Å²) in [7, 11) is -3.09. The third-order valence-corrected chi connectivity index (χ3v) is 5.97. The molecule has 1 amide bonds. The van der Waals surface area contributed by atoms with E-state index in [4.69, 9.17) is 0 Å². The third-order valence-electron chi connectivity index (χ3n) is 4.66. The smallest absolute Gasteiger partial charge is 0.224 e. The zero-order valence-electron chi connectivity index (χ0n) is 15.5. The third kappa shape index (κ3) is 6.78. The molecule has 5 nitrogen and oxygen atoms in total. The Balaban J connectivity index is 1.72. The zero-order chi connectivity index (χ0) is 18.4. The molecule has 1 aromatic carbocycles. The van der Waals surface area contributed by atoms with Gasteiger partial charge >= 0.3 is 0 Å². The molecule has 1 N–H and O–H groups in total. The van der Waals surface area contributed by atoms with Gasteiger partial charge in [0.1, 0.15) is 0 Å². The van der Waals surface area contributed by atoms with Crippen LogP contribution >= 0.6 is 0 Å². The van der Waals surface area contributed by atoms with Crippen LogP contribution in [0.15, 0.2) is 24.3 Å². The highest BCUT2D eigenvalue weighted by molar-refractivity contribution is 7.88. The number of sulfonamides is 1. The van der Waals surface area contributed by atoms with E-state index in [-0.39, 0.29) is 5.91 Å². The van der Waals surface area contributed by atoms with Crippen LogP contribution in [0.3, 0.4) is 0 Å². The molecular weight excluding hydrogens is 336 g/mol. The number of rotatable bonds is 7. The molecule has 0 aliphatic carbocycles. The molecule has 0 radical (unpaired) electrons. The second kappa shape index (κ2) is 8.81. The van der Waals surface area contributed by atoms with E-state index in [9.17, 15) is 13.2 Å². The van der Waals surface area contributed by atoms with Crippen molar-refractivity contribution < 1.29 is 13.2 Å². The first-order valence-corrected chi connectivity index (χ1v) is 10.9. The summed E-state index contributed by atoms with van der Waals surface area (Å²) in [5, 5.41) is 2.99. The van der Waals surface area contributed by atoms with E-state index in [1.807, 2.05) is 12.1 Å². The molecule has 0 atom stereocenters. The van der Waals surface area contributed by atoms with Crippen LogP contribution in [0.4, 0.5) is 0 Å². The number of nitrogens with zero attached hydrogens (tertiary/aromatic N) is 1. The predicted octanol–water partition coefficient (Wildman–Crippen LogP) is 2.22. The first-order chi connectivity index (χ1) is 11.7. The highest BCUT2D eigenvalue weighted by atomic mass is 32.2. The molecule has 140 valence electrons. The van der Waals surface area contributed by atoms with E-state index in [2.05, 4.69) is 31.3 Å². The fourth-order valence-electron chi connectivity index (χ4n) is 3.22. The summed E-state index contributed by atoms with van der Waals surface area (Å²) < 4.78 is 24.5. The lowest BCUT2D eigenvalue weighted by Crippen LogP contribution is -2.41. The SMILES string of the molecule is CC(C)Cc1ccc(CC(=O)NCC2CCN(S(C)(=O)=O)CC2)cc1. The summed E-state index contributed by atoms with van der Waals surface area (Å²) in [5.74, 6) is 1.01. The molecule has 0 saturated carbocycles. The molecule has 1 aromatic rings. The number of hydrogen-bond acceptors (Lipinski definition) is 3. The van der Waals surface area contributed by atoms with Gasteiger partial charge in [-0.3, -0.25) is 4.79 Å². The first kappa shape index (κ1) is 19.9. The van der Waals surface area contributed by atoms with Gasteiger partial charge in [0.05, 0.1) is 12.7 Å². The van der Waals surface area contributed by atoms with Crippen molar-refractivity contribution in [2.75, 3.05) is 25.9 Å². The molecule has 1 fully saturated rings. The van der Waals surface area contributed by atoms with Gasteiger partial charge in [0.15, 0.2) is 0 Å². The zero-order valence-corrected chi connectivity index (χ0v) is 16.3. The standard InChI is InChI=1S/C19H30N2O3S/c1-15(2)12-16-4-6-17(7-5-16)13-19(22)20-14-18-8-10-21(11-9-18)25(3,23)24/h4-7,15,18H,8-14H2,1-3H3,(H,20,22). The summed E-state index contributed by atoms with van der Waals surface area (Å²) in [4.78, 5) is 12.1. The van der Waals surface area contributed by atoms with Crippen molar-refractivity contribution in [2.45, 2.75) is 39.5 Å². The summed E-state index contributed by atoms with van der Waals surface area (Å²) in [5.41, 5.74) is 2.33. The maximum absolute atomic E-state index is 12.1.